The van der Waals surface area contributed by atoms with E-state index in [0.29, 0.717) is 16.4 Å². The second-order valence-electron chi connectivity index (χ2n) is 4.71. The Labute approximate surface area is 167 Å². The van der Waals surface area contributed by atoms with Gasteiger partial charge in [0.05, 0.1) is 15.1 Å². The van der Waals surface area contributed by atoms with Crippen LogP contribution in [0.5, 0.6) is 0 Å². The monoisotopic (exact) mass is 453 g/mol. The van der Waals surface area contributed by atoms with E-state index in [1.54, 1.807) is 24.3 Å². The average Bonchev–Trinajstić information content (AvgIpc) is 2.93. The standard InChI is InChI=1S/C14H7Cl4N3O2S2/c15-7-5-10(17)12(11(18)6-7)25(22,23)21-14-19-13(20-24-14)8-3-1-2-4-9(8)16/h1-6H,(H,19,20,21). The van der Waals surface area contributed by atoms with Gasteiger partial charge >= 0.3 is 0 Å². The molecule has 0 aliphatic heterocycles. The van der Waals surface area contributed by atoms with E-state index in [1.165, 1.54) is 12.1 Å². The average molecular weight is 455 g/mol. The van der Waals surface area contributed by atoms with Crippen LogP contribution < -0.4 is 4.72 Å². The van der Waals surface area contributed by atoms with Crippen molar-refractivity contribution in [3.8, 4) is 11.4 Å². The predicted octanol–water partition coefficient (Wildman–Crippen LogP) is 5.62. The zero-order valence-electron chi connectivity index (χ0n) is 12.0. The number of nitrogens with zero attached hydrogens (tertiary/aromatic N) is 2. The molecular formula is C14H7Cl4N3O2S2. The fraction of sp³-hybridized carbons (Fsp3) is 0. The third-order valence-corrected chi connectivity index (χ3v) is 6.56. The zero-order valence-corrected chi connectivity index (χ0v) is 16.7. The normalized spacial score (nSPS) is 11.5. The SMILES string of the molecule is O=S(=O)(Nc1nc(-c2ccccc2Cl)ns1)c1c(Cl)cc(Cl)cc1Cl. The number of anilines is 1. The molecule has 0 aliphatic carbocycles. The van der Waals surface area contributed by atoms with Gasteiger partial charge in [-0.2, -0.15) is 9.36 Å². The van der Waals surface area contributed by atoms with Gasteiger partial charge < -0.3 is 0 Å². The van der Waals surface area contributed by atoms with Crippen LogP contribution in [0.3, 0.4) is 0 Å². The van der Waals surface area contributed by atoms with E-state index in [0.717, 1.165) is 11.5 Å². The lowest BCUT2D eigenvalue weighted by atomic mass is 10.2. The van der Waals surface area contributed by atoms with Crippen molar-refractivity contribution in [3.63, 3.8) is 0 Å². The first-order valence-electron chi connectivity index (χ1n) is 6.54. The van der Waals surface area contributed by atoms with Crippen molar-refractivity contribution >= 4 is 73.1 Å². The van der Waals surface area contributed by atoms with Gasteiger partial charge in [0.15, 0.2) is 5.82 Å². The Morgan fingerprint density at radius 2 is 1.60 bits per heavy atom. The molecular weight excluding hydrogens is 448 g/mol. The first-order valence-corrected chi connectivity index (χ1v) is 10.3. The number of benzene rings is 2. The Hall–Kier alpha value is -1.09. The molecule has 1 N–H and O–H groups in total. The predicted molar refractivity (Wildman–Crippen MR) is 103 cm³/mol. The van der Waals surface area contributed by atoms with Crippen LogP contribution in [0.25, 0.3) is 11.4 Å². The summed E-state index contributed by atoms with van der Waals surface area (Å²) in [6.07, 6.45) is 0. The number of nitrogens with one attached hydrogen (secondary N) is 1. The minimum Gasteiger partial charge on any atom is -0.253 e. The largest absolute Gasteiger partial charge is 0.266 e. The van der Waals surface area contributed by atoms with Gasteiger partial charge in [-0.05, 0) is 24.3 Å². The van der Waals surface area contributed by atoms with Crippen LogP contribution in [-0.4, -0.2) is 17.8 Å². The molecule has 0 saturated heterocycles. The van der Waals surface area contributed by atoms with E-state index in [2.05, 4.69) is 14.1 Å². The summed E-state index contributed by atoms with van der Waals surface area (Å²) < 4.78 is 31.5. The number of hydrogen-bond acceptors (Lipinski definition) is 5. The van der Waals surface area contributed by atoms with E-state index < -0.39 is 10.0 Å². The van der Waals surface area contributed by atoms with Crippen LogP contribution in [-0.2, 0) is 10.0 Å². The van der Waals surface area contributed by atoms with Crippen LogP contribution in [0.15, 0.2) is 41.3 Å². The van der Waals surface area contributed by atoms with Gasteiger partial charge in [0, 0.05) is 22.1 Å². The van der Waals surface area contributed by atoms with Crippen LogP contribution in [0, 0.1) is 0 Å². The molecule has 130 valence electrons. The topological polar surface area (TPSA) is 72.0 Å². The number of halogens is 4. The van der Waals surface area contributed by atoms with Crippen LogP contribution >= 0.6 is 57.9 Å². The number of sulfonamides is 1. The lowest BCUT2D eigenvalue weighted by Crippen LogP contribution is -2.14. The highest BCUT2D eigenvalue weighted by Crippen LogP contribution is 2.34. The van der Waals surface area contributed by atoms with Gasteiger partial charge in [0.1, 0.15) is 4.90 Å². The number of rotatable bonds is 4. The lowest BCUT2D eigenvalue weighted by molar-refractivity contribution is 0.601. The van der Waals surface area contributed by atoms with Crippen molar-refractivity contribution in [2.75, 3.05) is 4.72 Å². The summed E-state index contributed by atoms with van der Waals surface area (Å²) in [7, 11) is -4.07. The van der Waals surface area contributed by atoms with Crippen molar-refractivity contribution in [1.82, 2.24) is 9.36 Å². The summed E-state index contributed by atoms with van der Waals surface area (Å²) in [6, 6.07) is 9.55. The maximum Gasteiger partial charge on any atom is 0.266 e. The van der Waals surface area contributed by atoms with E-state index in [1.807, 2.05) is 0 Å². The maximum absolute atomic E-state index is 12.6. The molecule has 0 fully saturated rings. The third-order valence-electron chi connectivity index (χ3n) is 2.99. The highest BCUT2D eigenvalue weighted by Gasteiger charge is 2.24. The fourth-order valence-corrected chi connectivity index (χ4v) is 5.54. The number of hydrogen-bond donors (Lipinski definition) is 1. The molecule has 11 heteroatoms. The Morgan fingerprint density at radius 3 is 2.24 bits per heavy atom. The second kappa shape index (κ2) is 7.26. The summed E-state index contributed by atoms with van der Waals surface area (Å²) in [6.45, 7) is 0. The molecule has 3 aromatic rings. The Bertz CT molecular complexity index is 1030. The van der Waals surface area contributed by atoms with Crippen molar-refractivity contribution in [3.05, 3.63) is 56.5 Å². The minimum atomic E-state index is -4.07. The lowest BCUT2D eigenvalue weighted by Gasteiger charge is -2.09. The molecule has 0 bridgehead atoms. The van der Waals surface area contributed by atoms with E-state index in [4.69, 9.17) is 46.4 Å². The summed E-state index contributed by atoms with van der Waals surface area (Å²) in [5, 5.41) is 0.544. The summed E-state index contributed by atoms with van der Waals surface area (Å²) >= 11 is 24.7. The molecule has 0 atom stereocenters. The molecule has 2 aromatic carbocycles. The molecule has 0 radical (unpaired) electrons. The van der Waals surface area contributed by atoms with Gasteiger partial charge in [-0.15, -0.1) is 0 Å². The molecule has 3 rings (SSSR count). The highest BCUT2D eigenvalue weighted by atomic mass is 35.5. The Kier molecular flexibility index (Phi) is 5.43. The van der Waals surface area contributed by atoms with Crippen LogP contribution in [0.4, 0.5) is 5.13 Å². The van der Waals surface area contributed by atoms with E-state index in [-0.39, 0.29) is 25.1 Å². The third kappa shape index (κ3) is 4.02. The molecule has 25 heavy (non-hydrogen) atoms. The fourth-order valence-electron chi connectivity index (χ4n) is 1.97. The maximum atomic E-state index is 12.6. The van der Waals surface area contributed by atoms with Gasteiger partial charge in [0.2, 0.25) is 5.13 Å². The molecule has 1 heterocycles. The van der Waals surface area contributed by atoms with Gasteiger partial charge in [-0.3, -0.25) is 4.72 Å². The quantitative estimate of drug-likeness (QED) is 0.555. The summed E-state index contributed by atoms with van der Waals surface area (Å²) in [4.78, 5) is 3.87. The molecule has 1 aromatic heterocycles. The number of aromatic nitrogens is 2. The summed E-state index contributed by atoms with van der Waals surface area (Å²) in [5.41, 5.74) is 0.591. The van der Waals surface area contributed by atoms with Crippen molar-refractivity contribution in [2.45, 2.75) is 4.90 Å². The van der Waals surface area contributed by atoms with Crippen molar-refractivity contribution in [2.24, 2.45) is 0 Å². The van der Waals surface area contributed by atoms with Crippen molar-refractivity contribution in [1.29, 1.82) is 0 Å². The summed E-state index contributed by atoms with van der Waals surface area (Å²) in [5.74, 6) is 0.307. The van der Waals surface area contributed by atoms with Gasteiger partial charge in [0.25, 0.3) is 10.0 Å². The molecule has 0 saturated carbocycles. The molecule has 0 spiro atoms. The molecule has 0 unspecified atom stereocenters. The van der Waals surface area contributed by atoms with Crippen molar-refractivity contribution < 1.29 is 8.42 Å². The smallest absolute Gasteiger partial charge is 0.253 e. The highest BCUT2D eigenvalue weighted by molar-refractivity contribution is 7.93. The van der Waals surface area contributed by atoms with E-state index in [9.17, 15) is 8.42 Å². The van der Waals surface area contributed by atoms with Crippen LogP contribution in [0.1, 0.15) is 0 Å². The first kappa shape index (κ1) is 18.7. The van der Waals surface area contributed by atoms with E-state index >= 15 is 0 Å². The minimum absolute atomic E-state index is 0.0528. The Balaban J connectivity index is 1.94. The Morgan fingerprint density at radius 1 is 0.960 bits per heavy atom. The molecule has 5 nitrogen and oxygen atoms in total. The van der Waals surface area contributed by atoms with Crippen LogP contribution in [0.2, 0.25) is 20.1 Å². The second-order valence-corrected chi connectivity index (χ2v) is 8.74. The van der Waals surface area contributed by atoms with Gasteiger partial charge in [-0.25, -0.2) is 8.42 Å². The zero-order chi connectivity index (χ0) is 18.2. The molecule has 0 amide bonds. The molecule has 0 aliphatic rings. The first-order chi connectivity index (χ1) is 11.8. The van der Waals surface area contributed by atoms with Gasteiger partial charge in [-0.1, -0.05) is 58.5 Å².